The molecule has 1 aliphatic heterocycles. The van der Waals surface area contributed by atoms with E-state index in [1.807, 2.05) is 0 Å². The van der Waals surface area contributed by atoms with E-state index in [-0.39, 0.29) is 0 Å². The molecular weight excluding hydrogens is 154 g/mol. The summed E-state index contributed by atoms with van der Waals surface area (Å²) in [7, 11) is 0. The second kappa shape index (κ2) is 3.81. The lowest BCUT2D eigenvalue weighted by atomic mass is 10.1. The van der Waals surface area contributed by atoms with Crippen LogP contribution in [0.3, 0.4) is 0 Å². The first-order valence-corrected chi connectivity index (χ1v) is 5.58. The smallest absolute Gasteiger partial charge is 0.0537 e. The van der Waals surface area contributed by atoms with E-state index in [1.54, 1.807) is 0 Å². The van der Waals surface area contributed by atoms with E-state index >= 15 is 0 Å². The van der Waals surface area contributed by atoms with Gasteiger partial charge < -0.3 is 0 Å². The molecule has 1 heterocycles. The molecule has 0 spiro atoms. The summed E-state index contributed by atoms with van der Waals surface area (Å²) in [6, 6.07) is 0. The summed E-state index contributed by atoms with van der Waals surface area (Å²) in [6.07, 6.45) is 4.02. The van der Waals surface area contributed by atoms with Crippen molar-refractivity contribution in [1.82, 2.24) is 5.32 Å². The summed E-state index contributed by atoms with van der Waals surface area (Å²) in [5, 5.41) is 4.35. The molecular formula is C9H19NS. The molecule has 1 aliphatic rings. The third-order valence-corrected chi connectivity index (χ3v) is 3.66. The average molecular weight is 173 g/mol. The Morgan fingerprint density at radius 1 is 1.55 bits per heavy atom. The van der Waals surface area contributed by atoms with Crippen LogP contribution >= 0.6 is 11.8 Å². The third-order valence-electron chi connectivity index (χ3n) is 2.02. The van der Waals surface area contributed by atoms with Crippen LogP contribution in [0.2, 0.25) is 0 Å². The summed E-state index contributed by atoms with van der Waals surface area (Å²) in [5.74, 6) is 1.27. The molecule has 0 aromatic carbocycles. The van der Waals surface area contributed by atoms with Gasteiger partial charge in [0.2, 0.25) is 0 Å². The van der Waals surface area contributed by atoms with Gasteiger partial charge in [-0.05, 0) is 20.3 Å². The largest absolute Gasteiger partial charge is 0.299 e. The molecule has 0 saturated carbocycles. The van der Waals surface area contributed by atoms with Gasteiger partial charge in [0.15, 0.2) is 0 Å². The molecule has 0 bridgehead atoms. The van der Waals surface area contributed by atoms with E-state index in [2.05, 4.69) is 37.8 Å². The van der Waals surface area contributed by atoms with Crippen LogP contribution in [0.15, 0.2) is 0 Å². The average Bonchev–Trinajstić information content (AvgIpc) is 2.26. The van der Waals surface area contributed by atoms with Crippen LogP contribution in [0.25, 0.3) is 0 Å². The molecule has 2 heteroatoms. The second-order valence-corrected chi connectivity index (χ2v) is 5.16. The van der Waals surface area contributed by atoms with Gasteiger partial charge in [-0.25, -0.2) is 0 Å². The van der Waals surface area contributed by atoms with E-state index < -0.39 is 0 Å². The molecule has 1 rings (SSSR count). The monoisotopic (exact) mass is 173 g/mol. The normalized spacial score (nSPS) is 29.2. The van der Waals surface area contributed by atoms with Gasteiger partial charge in [0.05, 0.1) is 5.37 Å². The second-order valence-electron chi connectivity index (χ2n) is 3.97. The van der Waals surface area contributed by atoms with Crippen LogP contribution in [-0.2, 0) is 0 Å². The predicted molar refractivity (Wildman–Crippen MR) is 53.0 cm³/mol. The minimum atomic E-state index is 0.378. The standard InChI is InChI=1S/C9H19NS/c1-4-5-6-8-10-9(2,3)7-11-8/h8,10H,4-7H2,1-3H3. The lowest BCUT2D eigenvalue weighted by Gasteiger charge is -2.18. The highest BCUT2D eigenvalue weighted by Gasteiger charge is 2.29. The van der Waals surface area contributed by atoms with Crippen LogP contribution in [0.5, 0.6) is 0 Å². The van der Waals surface area contributed by atoms with Gasteiger partial charge in [-0.15, -0.1) is 11.8 Å². The summed E-state index contributed by atoms with van der Waals surface area (Å²) >= 11 is 2.08. The van der Waals surface area contributed by atoms with Crippen molar-refractivity contribution in [2.75, 3.05) is 5.75 Å². The molecule has 0 aromatic rings. The van der Waals surface area contributed by atoms with Crippen molar-refractivity contribution in [2.45, 2.75) is 50.9 Å². The van der Waals surface area contributed by atoms with Crippen LogP contribution < -0.4 is 5.32 Å². The topological polar surface area (TPSA) is 12.0 Å². The van der Waals surface area contributed by atoms with Gasteiger partial charge in [-0.2, -0.15) is 0 Å². The molecule has 0 amide bonds. The van der Waals surface area contributed by atoms with Crippen LogP contribution in [-0.4, -0.2) is 16.7 Å². The zero-order chi connectivity index (χ0) is 8.32. The van der Waals surface area contributed by atoms with Crippen molar-refractivity contribution in [1.29, 1.82) is 0 Å². The molecule has 0 radical (unpaired) electrons. The summed E-state index contributed by atoms with van der Waals surface area (Å²) < 4.78 is 0. The number of unbranched alkanes of at least 4 members (excludes halogenated alkanes) is 1. The van der Waals surface area contributed by atoms with Crippen molar-refractivity contribution in [2.24, 2.45) is 0 Å². The van der Waals surface area contributed by atoms with E-state index in [0.717, 1.165) is 5.37 Å². The number of thioether (sulfide) groups is 1. The lowest BCUT2D eigenvalue weighted by Crippen LogP contribution is -2.38. The summed E-state index contributed by atoms with van der Waals surface area (Å²) in [6.45, 7) is 6.82. The predicted octanol–water partition coefficient (Wildman–Crippen LogP) is 2.62. The van der Waals surface area contributed by atoms with Gasteiger partial charge in [0.25, 0.3) is 0 Å². The first-order valence-electron chi connectivity index (χ1n) is 4.53. The molecule has 1 nitrogen and oxygen atoms in total. The first kappa shape index (κ1) is 9.40. The van der Waals surface area contributed by atoms with Crippen molar-refractivity contribution in [3.8, 4) is 0 Å². The van der Waals surface area contributed by atoms with Crippen LogP contribution in [0.4, 0.5) is 0 Å². The molecule has 1 unspecified atom stereocenters. The minimum absolute atomic E-state index is 0.378. The molecule has 1 atom stereocenters. The minimum Gasteiger partial charge on any atom is -0.299 e. The molecule has 11 heavy (non-hydrogen) atoms. The summed E-state index contributed by atoms with van der Waals surface area (Å²) in [5.41, 5.74) is 0.378. The van der Waals surface area contributed by atoms with Gasteiger partial charge in [0.1, 0.15) is 0 Å². The maximum absolute atomic E-state index is 3.63. The highest BCUT2D eigenvalue weighted by molar-refractivity contribution is 8.00. The maximum Gasteiger partial charge on any atom is 0.0537 e. The zero-order valence-corrected chi connectivity index (χ0v) is 8.63. The van der Waals surface area contributed by atoms with Gasteiger partial charge in [0, 0.05) is 11.3 Å². The number of hydrogen-bond acceptors (Lipinski definition) is 2. The maximum atomic E-state index is 3.63. The van der Waals surface area contributed by atoms with Crippen molar-refractivity contribution >= 4 is 11.8 Å². The Bertz CT molecular complexity index is 123. The van der Waals surface area contributed by atoms with Gasteiger partial charge >= 0.3 is 0 Å². The quantitative estimate of drug-likeness (QED) is 0.704. The van der Waals surface area contributed by atoms with E-state index in [1.165, 1.54) is 25.0 Å². The lowest BCUT2D eigenvalue weighted by molar-refractivity contribution is 0.431. The Morgan fingerprint density at radius 3 is 2.73 bits per heavy atom. The van der Waals surface area contributed by atoms with E-state index in [4.69, 9.17) is 0 Å². The van der Waals surface area contributed by atoms with E-state index in [9.17, 15) is 0 Å². The van der Waals surface area contributed by atoms with Crippen molar-refractivity contribution in [3.63, 3.8) is 0 Å². The number of nitrogens with one attached hydrogen (secondary N) is 1. The fourth-order valence-electron chi connectivity index (χ4n) is 1.37. The van der Waals surface area contributed by atoms with Gasteiger partial charge in [-0.3, -0.25) is 5.32 Å². The SMILES string of the molecule is CCCCC1NC(C)(C)CS1. The molecule has 0 aliphatic carbocycles. The Labute approximate surface area is 74.3 Å². The van der Waals surface area contributed by atoms with E-state index in [0.29, 0.717) is 5.54 Å². The Balaban J connectivity index is 2.20. The number of hydrogen-bond donors (Lipinski definition) is 1. The van der Waals surface area contributed by atoms with Crippen LogP contribution in [0.1, 0.15) is 40.0 Å². The molecule has 1 N–H and O–H groups in total. The zero-order valence-electron chi connectivity index (χ0n) is 7.81. The molecule has 1 fully saturated rings. The molecule has 66 valence electrons. The van der Waals surface area contributed by atoms with Gasteiger partial charge in [-0.1, -0.05) is 19.8 Å². The molecule has 1 saturated heterocycles. The molecule has 0 aromatic heterocycles. The van der Waals surface area contributed by atoms with Crippen LogP contribution in [0, 0.1) is 0 Å². The summed E-state index contributed by atoms with van der Waals surface area (Å²) in [4.78, 5) is 0. The highest BCUT2D eigenvalue weighted by atomic mass is 32.2. The first-order chi connectivity index (χ1) is 5.14. The Hall–Kier alpha value is 0.310. The van der Waals surface area contributed by atoms with Crippen molar-refractivity contribution < 1.29 is 0 Å². The fourth-order valence-corrected chi connectivity index (χ4v) is 2.81. The van der Waals surface area contributed by atoms with Crippen molar-refractivity contribution in [3.05, 3.63) is 0 Å². The Morgan fingerprint density at radius 2 is 2.27 bits per heavy atom. The fraction of sp³-hybridized carbons (Fsp3) is 1.00. The number of rotatable bonds is 3. The third kappa shape index (κ3) is 3.04. The Kier molecular flexibility index (Phi) is 3.26. The highest BCUT2D eigenvalue weighted by Crippen LogP contribution is 2.28.